The van der Waals surface area contributed by atoms with E-state index in [9.17, 15) is 18.7 Å². The van der Waals surface area contributed by atoms with Crippen molar-refractivity contribution < 1.29 is 23.4 Å². The maximum atomic E-state index is 12.5. The van der Waals surface area contributed by atoms with E-state index in [2.05, 4.69) is 10.4 Å². The second kappa shape index (κ2) is 5.86. The molecule has 0 radical (unpaired) electrons. The average molecular weight is 337 g/mol. The van der Waals surface area contributed by atoms with Crippen LogP contribution in [0.2, 0.25) is 0 Å². The number of alkyl halides is 2. The highest BCUT2D eigenvalue weighted by Gasteiger charge is 2.34. The molecule has 1 aromatic carbocycles. The van der Waals surface area contributed by atoms with E-state index in [4.69, 9.17) is 4.74 Å². The number of fused-ring (bicyclic) bond motifs is 1. The minimum absolute atomic E-state index is 0.00326. The first-order valence-electron chi connectivity index (χ1n) is 7.40. The van der Waals surface area contributed by atoms with E-state index in [1.54, 1.807) is 18.2 Å². The lowest BCUT2D eigenvalue weighted by Crippen LogP contribution is -2.35. The molecule has 3 rings (SSSR count). The van der Waals surface area contributed by atoms with Gasteiger partial charge in [0.25, 0.3) is 5.91 Å². The number of amides is 1. The third-order valence-corrected chi connectivity index (χ3v) is 3.78. The summed E-state index contributed by atoms with van der Waals surface area (Å²) in [6.45, 7) is 0.866. The molecule has 0 saturated carbocycles. The molecule has 6 nitrogen and oxygen atoms in total. The first kappa shape index (κ1) is 16.4. The Morgan fingerprint density at radius 2 is 2.25 bits per heavy atom. The number of ether oxygens (including phenoxy) is 1. The highest BCUT2D eigenvalue weighted by molar-refractivity contribution is 6.04. The topological polar surface area (TPSA) is 76.4 Å². The van der Waals surface area contributed by atoms with Crippen molar-refractivity contribution in [2.24, 2.45) is 0 Å². The number of aliphatic hydroxyl groups is 1. The van der Waals surface area contributed by atoms with Crippen LogP contribution < -0.4 is 10.1 Å². The molecule has 2 heterocycles. The normalized spacial score (nSPS) is 18.8. The Hall–Kier alpha value is -2.48. The lowest BCUT2D eigenvalue weighted by atomic mass is 9.91. The number of aromatic nitrogens is 2. The third-order valence-electron chi connectivity index (χ3n) is 3.78. The number of anilines is 1. The van der Waals surface area contributed by atoms with Crippen LogP contribution in [0.5, 0.6) is 5.75 Å². The van der Waals surface area contributed by atoms with Gasteiger partial charge in [-0.2, -0.15) is 13.9 Å². The van der Waals surface area contributed by atoms with Crippen LogP contribution in [-0.2, 0) is 0 Å². The molecule has 2 N–H and O–H groups in total. The van der Waals surface area contributed by atoms with Gasteiger partial charge < -0.3 is 15.2 Å². The predicted molar refractivity (Wildman–Crippen MR) is 82.2 cm³/mol. The summed E-state index contributed by atoms with van der Waals surface area (Å²) in [5.74, 6) is -0.201. The zero-order valence-corrected chi connectivity index (χ0v) is 13.2. The second-order valence-corrected chi connectivity index (χ2v) is 6.25. The van der Waals surface area contributed by atoms with Gasteiger partial charge in [0.1, 0.15) is 11.4 Å². The number of nitrogens with one attached hydrogen (secondary N) is 1. The van der Waals surface area contributed by atoms with Gasteiger partial charge in [0.15, 0.2) is 0 Å². The van der Waals surface area contributed by atoms with E-state index in [-0.39, 0.29) is 5.56 Å². The largest absolute Gasteiger partial charge is 0.485 e. The van der Waals surface area contributed by atoms with Crippen molar-refractivity contribution in [2.45, 2.75) is 38.5 Å². The zero-order valence-electron chi connectivity index (χ0n) is 13.2. The Bertz CT molecular complexity index is 774. The molecule has 24 heavy (non-hydrogen) atoms. The van der Waals surface area contributed by atoms with Gasteiger partial charge in [0.05, 0.1) is 23.6 Å². The molecule has 2 aromatic rings. The highest BCUT2D eigenvalue weighted by atomic mass is 19.3. The van der Waals surface area contributed by atoms with Gasteiger partial charge >= 0.3 is 6.55 Å². The molecule has 1 aliphatic rings. The summed E-state index contributed by atoms with van der Waals surface area (Å²) < 4.78 is 31.4. The first-order valence-corrected chi connectivity index (χ1v) is 7.40. The van der Waals surface area contributed by atoms with Crippen LogP contribution in [0.1, 0.15) is 48.8 Å². The fraction of sp³-hybridized carbons (Fsp3) is 0.375. The smallest absolute Gasteiger partial charge is 0.333 e. The van der Waals surface area contributed by atoms with E-state index in [1.165, 1.54) is 0 Å². The number of carbonyl (C=O) groups excluding carboxylic acids is 1. The fourth-order valence-corrected chi connectivity index (χ4v) is 2.68. The van der Waals surface area contributed by atoms with Crippen LogP contribution in [0.25, 0.3) is 0 Å². The minimum atomic E-state index is -2.81. The number of nitrogens with zero attached hydrogens (tertiary/aromatic N) is 2. The van der Waals surface area contributed by atoms with Crippen LogP contribution in [0, 0.1) is 0 Å². The summed E-state index contributed by atoms with van der Waals surface area (Å²) in [7, 11) is 0. The zero-order chi connectivity index (χ0) is 17.5. The Kier molecular flexibility index (Phi) is 4.00. The van der Waals surface area contributed by atoms with E-state index in [1.807, 2.05) is 13.8 Å². The van der Waals surface area contributed by atoms with Crippen LogP contribution in [0.4, 0.5) is 14.5 Å². The molecule has 1 aliphatic heterocycles. The molecular weight excluding hydrogens is 320 g/mol. The molecular formula is C16H17F2N3O3. The third kappa shape index (κ3) is 3.09. The molecule has 0 saturated heterocycles. The maximum Gasteiger partial charge on any atom is 0.333 e. The van der Waals surface area contributed by atoms with Crippen LogP contribution in [0.15, 0.2) is 30.6 Å². The summed E-state index contributed by atoms with van der Waals surface area (Å²) in [5, 5.41) is 16.3. The molecule has 8 heteroatoms. The monoisotopic (exact) mass is 337 g/mol. The molecule has 1 unspecified atom stereocenters. The predicted octanol–water partition coefficient (Wildman–Crippen LogP) is 3.13. The van der Waals surface area contributed by atoms with Crippen molar-refractivity contribution in [3.8, 4) is 5.75 Å². The number of hydrogen-bond acceptors (Lipinski definition) is 4. The molecule has 0 aliphatic carbocycles. The fourth-order valence-electron chi connectivity index (χ4n) is 2.68. The van der Waals surface area contributed by atoms with E-state index >= 15 is 0 Å². The summed E-state index contributed by atoms with van der Waals surface area (Å²) in [5.41, 5.74) is 0.362. The van der Waals surface area contributed by atoms with Crippen molar-refractivity contribution in [3.63, 3.8) is 0 Å². The van der Waals surface area contributed by atoms with Crippen molar-refractivity contribution >= 4 is 11.6 Å². The lowest BCUT2D eigenvalue weighted by Gasteiger charge is -2.36. The Balaban J connectivity index is 1.88. The molecule has 1 aromatic heterocycles. The van der Waals surface area contributed by atoms with Crippen molar-refractivity contribution in [1.29, 1.82) is 0 Å². The van der Waals surface area contributed by atoms with Gasteiger partial charge in [0, 0.05) is 18.2 Å². The van der Waals surface area contributed by atoms with E-state index in [0.717, 1.165) is 12.4 Å². The molecule has 128 valence electrons. The number of rotatable bonds is 3. The molecule has 0 spiro atoms. The van der Waals surface area contributed by atoms with Gasteiger partial charge in [-0.05, 0) is 19.9 Å². The number of para-hydroxylation sites is 1. The highest BCUT2D eigenvalue weighted by Crippen LogP contribution is 2.43. The SMILES string of the molecule is CC1(C)CC(O)c2cccc(NC(=O)c3cnn(C(F)F)c3)c2O1. The second-order valence-electron chi connectivity index (χ2n) is 6.25. The van der Waals surface area contributed by atoms with Crippen molar-refractivity contribution in [1.82, 2.24) is 9.78 Å². The minimum Gasteiger partial charge on any atom is -0.485 e. The molecule has 1 amide bonds. The number of hydrogen-bond donors (Lipinski definition) is 2. The summed E-state index contributed by atoms with van der Waals surface area (Å²) in [6.07, 6.45) is 1.76. The average Bonchev–Trinajstić information content (AvgIpc) is 2.97. The van der Waals surface area contributed by atoms with Crippen LogP contribution >= 0.6 is 0 Å². The van der Waals surface area contributed by atoms with Gasteiger partial charge in [-0.3, -0.25) is 4.79 Å². The van der Waals surface area contributed by atoms with Crippen LogP contribution in [-0.4, -0.2) is 26.4 Å². The van der Waals surface area contributed by atoms with Gasteiger partial charge in [-0.25, -0.2) is 4.68 Å². The number of halogens is 2. The van der Waals surface area contributed by atoms with E-state index < -0.39 is 24.2 Å². The first-order chi connectivity index (χ1) is 11.3. The Morgan fingerprint density at radius 3 is 2.92 bits per heavy atom. The molecule has 0 fully saturated rings. The van der Waals surface area contributed by atoms with Crippen molar-refractivity contribution in [2.75, 3.05) is 5.32 Å². The quantitative estimate of drug-likeness (QED) is 0.902. The summed E-state index contributed by atoms with van der Waals surface area (Å²) in [4.78, 5) is 12.3. The van der Waals surface area contributed by atoms with Gasteiger partial charge in [0.2, 0.25) is 0 Å². The van der Waals surface area contributed by atoms with E-state index in [0.29, 0.717) is 28.1 Å². The number of benzene rings is 1. The Labute approximate surface area is 137 Å². The molecule has 0 bridgehead atoms. The Morgan fingerprint density at radius 1 is 1.50 bits per heavy atom. The van der Waals surface area contributed by atoms with Crippen molar-refractivity contribution in [3.05, 3.63) is 41.7 Å². The number of carbonyl (C=O) groups is 1. The molecule has 1 atom stereocenters. The van der Waals surface area contributed by atoms with Gasteiger partial charge in [-0.15, -0.1) is 0 Å². The maximum absolute atomic E-state index is 12.5. The summed E-state index contributed by atoms with van der Waals surface area (Å²) >= 11 is 0. The van der Waals surface area contributed by atoms with Crippen LogP contribution in [0.3, 0.4) is 0 Å². The van der Waals surface area contributed by atoms with Gasteiger partial charge in [-0.1, -0.05) is 12.1 Å². The lowest BCUT2D eigenvalue weighted by molar-refractivity contribution is 0.0121. The number of aliphatic hydroxyl groups excluding tert-OH is 1. The summed E-state index contributed by atoms with van der Waals surface area (Å²) in [6, 6.07) is 5.03. The standard InChI is InChI=1S/C16H17F2N3O3/c1-16(2)6-12(22)10-4-3-5-11(13(10)24-16)20-14(23)9-7-19-21(8-9)15(17)18/h3-5,7-8,12,15,22H,6H2,1-2H3,(H,20,23).